The SMILES string of the molecule is Fc1cc(OC(F)(F)F)ccc1C1CCCNC1. The molecule has 1 aromatic rings. The molecular formula is C12H13F4NO. The van der Waals surface area contributed by atoms with Crippen LogP contribution >= 0.6 is 0 Å². The third kappa shape index (κ3) is 3.35. The Morgan fingerprint density at radius 1 is 1.28 bits per heavy atom. The summed E-state index contributed by atoms with van der Waals surface area (Å²) in [6.45, 7) is 1.55. The second-order valence-corrected chi connectivity index (χ2v) is 4.27. The number of hydrogen-bond acceptors (Lipinski definition) is 2. The minimum atomic E-state index is -4.79. The minimum absolute atomic E-state index is 0.0127. The lowest BCUT2D eigenvalue weighted by Gasteiger charge is -2.23. The summed E-state index contributed by atoms with van der Waals surface area (Å²) in [5, 5.41) is 3.14. The van der Waals surface area contributed by atoms with Crippen molar-refractivity contribution in [2.24, 2.45) is 0 Å². The molecule has 1 unspecified atom stereocenters. The molecule has 18 heavy (non-hydrogen) atoms. The van der Waals surface area contributed by atoms with Crippen molar-refractivity contribution in [3.05, 3.63) is 29.6 Å². The van der Waals surface area contributed by atoms with Gasteiger partial charge in [-0.05, 0) is 36.9 Å². The fourth-order valence-electron chi connectivity index (χ4n) is 2.15. The minimum Gasteiger partial charge on any atom is -0.406 e. The van der Waals surface area contributed by atoms with E-state index < -0.39 is 17.9 Å². The molecule has 1 saturated heterocycles. The van der Waals surface area contributed by atoms with E-state index in [2.05, 4.69) is 10.1 Å². The molecule has 1 aliphatic heterocycles. The van der Waals surface area contributed by atoms with E-state index >= 15 is 0 Å². The van der Waals surface area contributed by atoms with Crippen LogP contribution in [0.25, 0.3) is 0 Å². The summed E-state index contributed by atoms with van der Waals surface area (Å²) in [5.41, 5.74) is 0.441. The van der Waals surface area contributed by atoms with Gasteiger partial charge in [-0.2, -0.15) is 0 Å². The molecule has 0 bridgehead atoms. The zero-order valence-electron chi connectivity index (χ0n) is 9.56. The van der Waals surface area contributed by atoms with Gasteiger partial charge in [0.05, 0.1) is 0 Å². The van der Waals surface area contributed by atoms with Crippen molar-refractivity contribution >= 4 is 0 Å². The Kier molecular flexibility index (Phi) is 3.75. The molecule has 1 aromatic carbocycles. The maximum atomic E-state index is 13.7. The Bertz CT molecular complexity index is 413. The molecule has 2 rings (SSSR count). The number of alkyl halides is 3. The van der Waals surface area contributed by atoms with E-state index in [1.54, 1.807) is 0 Å². The highest BCUT2D eigenvalue weighted by molar-refractivity contribution is 5.31. The van der Waals surface area contributed by atoms with Crippen molar-refractivity contribution in [3.8, 4) is 5.75 Å². The van der Waals surface area contributed by atoms with Crippen LogP contribution in [0.4, 0.5) is 17.6 Å². The van der Waals surface area contributed by atoms with Gasteiger partial charge in [0.25, 0.3) is 0 Å². The average molecular weight is 263 g/mol. The van der Waals surface area contributed by atoms with Crippen molar-refractivity contribution in [1.82, 2.24) is 5.32 Å². The monoisotopic (exact) mass is 263 g/mol. The molecule has 1 heterocycles. The summed E-state index contributed by atoms with van der Waals surface area (Å²) in [7, 11) is 0. The molecule has 0 amide bonds. The highest BCUT2D eigenvalue weighted by atomic mass is 19.4. The summed E-state index contributed by atoms with van der Waals surface area (Å²) >= 11 is 0. The van der Waals surface area contributed by atoms with Crippen LogP contribution in [0.2, 0.25) is 0 Å². The van der Waals surface area contributed by atoms with Gasteiger partial charge >= 0.3 is 6.36 Å². The topological polar surface area (TPSA) is 21.3 Å². The van der Waals surface area contributed by atoms with Crippen molar-refractivity contribution in [2.75, 3.05) is 13.1 Å². The zero-order valence-corrected chi connectivity index (χ0v) is 9.56. The molecule has 0 saturated carbocycles. The van der Waals surface area contributed by atoms with E-state index in [4.69, 9.17) is 0 Å². The number of piperidine rings is 1. The fraction of sp³-hybridized carbons (Fsp3) is 0.500. The van der Waals surface area contributed by atoms with Gasteiger partial charge in [-0.15, -0.1) is 13.2 Å². The van der Waals surface area contributed by atoms with E-state index in [9.17, 15) is 17.6 Å². The number of ether oxygens (including phenoxy) is 1. The number of halogens is 4. The van der Waals surface area contributed by atoms with E-state index in [1.165, 1.54) is 6.07 Å². The molecule has 1 fully saturated rings. The van der Waals surface area contributed by atoms with Crippen LogP contribution in [0.1, 0.15) is 24.3 Å². The second kappa shape index (κ2) is 5.14. The quantitative estimate of drug-likeness (QED) is 0.827. The Balaban J connectivity index is 2.14. The molecule has 0 spiro atoms. The zero-order chi connectivity index (χ0) is 13.2. The first-order valence-corrected chi connectivity index (χ1v) is 5.71. The van der Waals surface area contributed by atoms with Crippen LogP contribution in [0.3, 0.4) is 0 Å². The molecule has 6 heteroatoms. The van der Waals surface area contributed by atoms with Crippen LogP contribution in [0.5, 0.6) is 5.75 Å². The maximum Gasteiger partial charge on any atom is 0.573 e. The van der Waals surface area contributed by atoms with Crippen molar-refractivity contribution < 1.29 is 22.3 Å². The lowest BCUT2D eigenvalue weighted by molar-refractivity contribution is -0.274. The lowest BCUT2D eigenvalue weighted by Crippen LogP contribution is -2.28. The predicted octanol–water partition coefficient (Wildman–Crippen LogP) is 3.19. The van der Waals surface area contributed by atoms with Crippen LogP contribution in [0.15, 0.2) is 18.2 Å². The summed E-state index contributed by atoms with van der Waals surface area (Å²) < 4.78 is 53.3. The number of hydrogen-bond donors (Lipinski definition) is 1. The van der Waals surface area contributed by atoms with Crippen LogP contribution in [-0.2, 0) is 0 Å². The number of nitrogens with one attached hydrogen (secondary N) is 1. The molecule has 1 atom stereocenters. The van der Waals surface area contributed by atoms with Crippen molar-refractivity contribution in [3.63, 3.8) is 0 Å². The molecule has 1 N–H and O–H groups in total. The highest BCUT2D eigenvalue weighted by Gasteiger charge is 2.31. The smallest absolute Gasteiger partial charge is 0.406 e. The van der Waals surface area contributed by atoms with Gasteiger partial charge < -0.3 is 10.1 Å². The van der Waals surface area contributed by atoms with Gasteiger partial charge in [-0.3, -0.25) is 0 Å². The average Bonchev–Trinajstić information content (AvgIpc) is 2.28. The van der Waals surface area contributed by atoms with Gasteiger partial charge in [-0.1, -0.05) is 6.07 Å². The molecule has 1 aliphatic rings. The first-order valence-electron chi connectivity index (χ1n) is 5.71. The van der Waals surface area contributed by atoms with Crippen LogP contribution < -0.4 is 10.1 Å². The Labute approximate surface area is 102 Å². The van der Waals surface area contributed by atoms with Crippen LogP contribution in [-0.4, -0.2) is 19.5 Å². The van der Waals surface area contributed by atoms with Gasteiger partial charge in [-0.25, -0.2) is 4.39 Å². The van der Waals surface area contributed by atoms with E-state index in [1.807, 2.05) is 0 Å². The van der Waals surface area contributed by atoms with E-state index in [0.29, 0.717) is 12.1 Å². The normalized spacial score (nSPS) is 20.8. The summed E-state index contributed by atoms with van der Waals surface area (Å²) in [6.07, 6.45) is -3.02. The molecule has 0 aliphatic carbocycles. The van der Waals surface area contributed by atoms with Gasteiger partial charge in [0.15, 0.2) is 0 Å². The van der Waals surface area contributed by atoms with E-state index in [-0.39, 0.29) is 5.92 Å². The third-order valence-electron chi connectivity index (χ3n) is 2.94. The Morgan fingerprint density at radius 3 is 2.61 bits per heavy atom. The third-order valence-corrected chi connectivity index (χ3v) is 2.94. The van der Waals surface area contributed by atoms with Crippen molar-refractivity contribution in [1.29, 1.82) is 0 Å². The summed E-state index contributed by atoms with van der Waals surface area (Å²) in [6, 6.07) is 3.31. The fourth-order valence-corrected chi connectivity index (χ4v) is 2.15. The Morgan fingerprint density at radius 2 is 2.06 bits per heavy atom. The van der Waals surface area contributed by atoms with Crippen LogP contribution in [0, 0.1) is 5.82 Å². The molecule has 2 nitrogen and oxygen atoms in total. The van der Waals surface area contributed by atoms with Gasteiger partial charge in [0.1, 0.15) is 11.6 Å². The number of rotatable bonds is 2. The largest absolute Gasteiger partial charge is 0.573 e. The first-order chi connectivity index (χ1) is 8.46. The Hall–Kier alpha value is -1.30. The summed E-state index contributed by atoms with van der Waals surface area (Å²) in [5.74, 6) is -1.16. The standard InChI is InChI=1S/C12H13F4NO/c13-11-6-9(18-12(14,15)16)3-4-10(11)8-2-1-5-17-7-8/h3-4,6,8,17H,1-2,5,7H2. The molecule has 0 radical (unpaired) electrons. The molecular weight excluding hydrogens is 250 g/mol. The summed E-state index contributed by atoms with van der Waals surface area (Å²) in [4.78, 5) is 0. The molecule has 0 aromatic heterocycles. The van der Waals surface area contributed by atoms with Gasteiger partial charge in [0, 0.05) is 12.6 Å². The van der Waals surface area contributed by atoms with Crippen molar-refractivity contribution in [2.45, 2.75) is 25.1 Å². The number of benzene rings is 1. The molecule has 100 valence electrons. The maximum absolute atomic E-state index is 13.7. The predicted molar refractivity (Wildman–Crippen MR) is 57.9 cm³/mol. The highest BCUT2D eigenvalue weighted by Crippen LogP contribution is 2.30. The first kappa shape index (κ1) is 13.1. The second-order valence-electron chi connectivity index (χ2n) is 4.27. The van der Waals surface area contributed by atoms with Gasteiger partial charge in [0.2, 0.25) is 0 Å². The lowest BCUT2D eigenvalue weighted by atomic mass is 9.91. The van der Waals surface area contributed by atoms with E-state index in [0.717, 1.165) is 31.5 Å².